The largest absolute Gasteiger partial charge is 0.244 e. The lowest BCUT2D eigenvalue weighted by Gasteiger charge is -2.31. The number of rotatable bonds is 3. The zero-order valence-electron chi connectivity index (χ0n) is 11.4. The summed E-state index contributed by atoms with van der Waals surface area (Å²) >= 11 is 5.04. The maximum Gasteiger partial charge on any atom is 0.244 e. The summed E-state index contributed by atoms with van der Waals surface area (Å²) in [6.45, 7) is 1.17. The van der Waals surface area contributed by atoms with Gasteiger partial charge in [0.1, 0.15) is 0 Å². The molecule has 112 valence electrons. The standard InChI is InChI=1S/C15H16BrNO2S2/c16-14-3-1-2-4-15(14)21(18,19)17-8-5-12(6-9-17)13-7-10-20-11-13/h1-4,7,10-12H,5-6,8-9H2. The predicted molar refractivity (Wildman–Crippen MR) is 89.2 cm³/mol. The van der Waals surface area contributed by atoms with Gasteiger partial charge in [-0.2, -0.15) is 15.6 Å². The van der Waals surface area contributed by atoms with Crippen LogP contribution in [0.25, 0.3) is 0 Å². The first-order valence-corrected chi connectivity index (χ1v) is 10.0. The Labute approximate surface area is 137 Å². The summed E-state index contributed by atoms with van der Waals surface area (Å²) in [7, 11) is -3.40. The summed E-state index contributed by atoms with van der Waals surface area (Å²) in [5.41, 5.74) is 1.35. The van der Waals surface area contributed by atoms with Gasteiger partial charge in [0.2, 0.25) is 10.0 Å². The Kier molecular flexibility index (Phi) is 4.49. The Bertz CT molecular complexity index is 705. The summed E-state index contributed by atoms with van der Waals surface area (Å²) in [5, 5.41) is 4.25. The molecule has 0 spiro atoms. The first kappa shape index (κ1) is 15.2. The molecule has 1 aliphatic heterocycles. The topological polar surface area (TPSA) is 37.4 Å². The minimum atomic E-state index is -3.40. The molecule has 6 heteroatoms. The molecule has 0 saturated carbocycles. The van der Waals surface area contributed by atoms with Gasteiger partial charge in [0.25, 0.3) is 0 Å². The smallest absolute Gasteiger partial charge is 0.207 e. The summed E-state index contributed by atoms with van der Waals surface area (Å²) in [5.74, 6) is 0.488. The van der Waals surface area contributed by atoms with Crippen molar-refractivity contribution in [2.24, 2.45) is 0 Å². The first-order valence-electron chi connectivity index (χ1n) is 6.86. The fourth-order valence-corrected chi connectivity index (χ4v) is 5.91. The van der Waals surface area contributed by atoms with Gasteiger partial charge in [0, 0.05) is 17.6 Å². The molecule has 3 nitrogen and oxygen atoms in total. The second kappa shape index (κ2) is 6.20. The van der Waals surface area contributed by atoms with Gasteiger partial charge in [0.15, 0.2) is 0 Å². The molecule has 0 radical (unpaired) electrons. The van der Waals surface area contributed by atoms with Crippen molar-refractivity contribution in [1.82, 2.24) is 4.31 Å². The molecule has 1 aromatic carbocycles. The maximum absolute atomic E-state index is 12.7. The highest BCUT2D eigenvalue weighted by atomic mass is 79.9. The van der Waals surface area contributed by atoms with Crippen molar-refractivity contribution >= 4 is 37.3 Å². The van der Waals surface area contributed by atoms with E-state index in [0.29, 0.717) is 28.4 Å². The van der Waals surface area contributed by atoms with Gasteiger partial charge < -0.3 is 0 Å². The van der Waals surface area contributed by atoms with Gasteiger partial charge in [-0.15, -0.1) is 0 Å². The summed E-state index contributed by atoms with van der Waals surface area (Å²) in [6, 6.07) is 9.16. The van der Waals surface area contributed by atoms with E-state index in [2.05, 4.69) is 32.8 Å². The normalized spacial score (nSPS) is 18.0. The second-order valence-corrected chi connectivity index (χ2v) is 8.71. The van der Waals surface area contributed by atoms with Crippen molar-refractivity contribution in [3.05, 3.63) is 51.1 Å². The van der Waals surface area contributed by atoms with Crippen LogP contribution in [0.1, 0.15) is 24.3 Å². The van der Waals surface area contributed by atoms with Crippen LogP contribution in [0.5, 0.6) is 0 Å². The van der Waals surface area contributed by atoms with E-state index >= 15 is 0 Å². The number of benzene rings is 1. The van der Waals surface area contributed by atoms with E-state index in [9.17, 15) is 8.42 Å². The molecule has 1 fully saturated rings. The van der Waals surface area contributed by atoms with Crippen molar-refractivity contribution in [2.45, 2.75) is 23.7 Å². The van der Waals surface area contributed by atoms with E-state index in [-0.39, 0.29) is 0 Å². The lowest BCUT2D eigenvalue weighted by molar-refractivity contribution is 0.319. The quantitative estimate of drug-likeness (QED) is 0.797. The molecule has 0 aliphatic carbocycles. The molecule has 2 aromatic rings. The van der Waals surface area contributed by atoms with E-state index in [0.717, 1.165) is 12.8 Å². The molecule has 1 aliphatic rings. The van der Waals surface area contributed by atoms with E-state index < -0.39 is 10.0 Å². The molecule has 0 amide bonds. The fourth-order valence-electron chi connectivity index (χ4n) is 2.73. The Balaban J connectivity index is 1.76. The van der Waals surface area contributed by atoms with Crippen LogP contribution in [0.15, 0.2) is 50.5 Å². The molecule has 21 heavy (non-hydrogen) atoms. The van der Waals surface area contributed by atoms with Crippen LogP contribution in [0.4, 0.5) is 0 Å². The molecule has 0 unspecified atom stereocenters. The monoisotopic (exact) mass is 385 g/mol. The van der Waals surface area contributed by atoms with E-state index in [1.165, 1.54) is 5.56 Å². The van der Waals surface area contributed by atoms with Crippen LogP contribution in [-0.4, -0.2) is 25.8 Å². The van der Waals surface area contributed by atoms with Crippen molar-refractivity contribution in [2.75, 3.05) is 13.1 Å². The Morgan fingerprint density at radius 1 is 1.14 bits per heavy atom. The first-order chi connectivity index (χ1) is 10.1. The van der Waals surface area contributed by atoms with Gasteiger partial charge in [-0.05, 0) is 69.2 Å². The van der Waals surface area contributed by atoms with Crippen molar-refractivity contribution in [1.29, 1.82) is 0 Å². The van der Waals surface area contributed by atoms with Gasteiger partial charge in [0.05, 0.1) is 4.90 Å². The van der Waals surface area contributed by atoms with Crippen LogP contribution in [0.2, 0.25) is 0 Å². The highest BCUT2D eigenvalue weighted by Crippen LogP contribution is 2.33. The highest BCUT2D eigenvalue weighted by Gasteiger charge is 2.31. The average molecular weight is 386 g/mol. The predicted octanol–water partition coefficient (Wildman–Crippen LogP) is 4.08. The van der Waals surface area contributed by atoms with Gasteiger partial charge in [-0.25, -0.2) is 8.42 Å². The third-order valence-electron chi connectivity index (χ3n) is 3.92. The second-order valence-electron chi connectivity index (χ2n) is 5.17. The minimum absolute atomic E-state index is 0.360. The van der Waals surface area contributed by atoms with Crippen LogP contribution >= 0.6 is 27.3 Å². The fraction of sp³-hybridized carbons (Fsp3) is 0.333. The molecule has 3 rings (SSSR count). The van der Waals surface area contributed by atoms with Gasteiger partial charge in [-0.1, -0.05) is 12.1 Å². The molecule has 1 aromatic heterocycles. The Hall–Kier alpha value is -0.690. The van der Waals surface area contributed by atoms with Crippen LogP contribution in [-0.2, 0) is 10.0 Å². The molecule has 2 heterocycles. The molecule has 0 N–H and O–H groups in total. The van der Waals surface area contributed by atoms with Crippen molar-refractivity contribution in [3.8, 4) is 0 Å². The van der Waals surface area contributed by atoms with E-state index in [4.69, 9.17) is 0 Å². The van der Waals surface area contributed by atoms with Crippen molar-refractivity contribution in [3.63, 3.8) is 0 Å². The highest BCUT2D eigenvalue weighted by molar-refractivity contribution is 9.10. The number of nitrogens with zero attached hydrogens (tertiary/aromatic N) is 1. The number of hydrogen-bond donors (Lipinski definition) is 0. The summed E-state index contributed by atoms with van der Waals surface area (Å²) in [6.07, 6.45) is 1.78. The number of halogens is 1. The van der Waals surface area contributed by atoms with E-state index in [1.807, 2.05) is 6.07 Å². The van der Waals surface area contributed by atoms with Crippen LogP contribution in [0.3, 0.4) is 0 Å². The van der Waals surface area contributed by atoms with Gasteiger partial charge >= 0.3 is 0 Å². The number of sulfonamides is 1. The lowest BCUT2D eigenvalue weighted by atomic mass is 9.92. The van der Waals surface area contributed by atoms with Crippen LogP contribution < -0.4 is 0 Å². The number of thiophene rings is 1. The summed E-state index contributed by atoms with van der Waals surface area (Å²) < 4.78 is 27.6. The molecule has 0 atom stereocenters. The number of piperidine rings is 1. The molecular weight excluding hydrogens is 370 g/mol. The zero-order chi connectivity index (χ0) is 14.9. The van der Waals surface area contributed by atoms with Crippen LogP contribution in [0, 0.1) is 0 Å². The Morgan fingerprint density at radius 2 is 1.86 bits per heavy atom. The molecule has 0 bridgehead atoms. The van der Waals surface area contributed by atoms with Gasteiger partial charge in [-0.3, -0.25) is 0 Å². The Morgan fingerprint density at radius 3 is 2.48 bits per heavy atom. The number of hydrogen-bond acceptors (Lipinski definition) is 3. The summed E-state index contributed by atoms with van der Waals surface area (Å²) in [4.78, 5) is 0.360. The molecule has 1 saturated heterocycles. The maximum atomic E-state index is 12.7. The van der Waals surface area contributed by atoms with E-state index in [1.54, 1.807) is 33.8 Å². The third-order valence-corrected chi connectivity index (χ3v) is 7.54. The molecular formula is C15H16BrNO2S2. The SMILES string of the molecule is O=S(=O)(c1ccccc1Br)N1CCC(c2ccsc2)CC1. The zero-order valence-corrected chi connectivity index (χ0v) is 14.6. The minimum Gasteiger partial charge on any atom is -0.207 e. The lowest BCUT2D eigenvalue weighted by Crippen LogP contribution is -2.37. The third kappa shape index (κ3) is 3.08. The van der Waals surface area contributed by atoms with Crippen molar-refractivity contribution < 1.29 is 8.42 Å². The average Bonchev–Trinajstić information content (AvgIpc) is 3.02.